The number of carbonyl (C=O) groups excluding carboxylic acids is 1. The zero-order valence-electron chi connectivity index (χ0n) is 12.2. The first kappa shape index (κ1) is 16.5. The van der Waals surface area contributed by atoms with Gasteiger partial charge in [-0.05, 0) is 30.3 Å². The number of nitrogens with zero attached hydrogens (tertiary/aromatic N) is 2. The first-order valence-electron chi connectivity index (χ1n) is 6.80. The lowest BCUT2D eigenvalue weighted by molar-refractivity contribution is -0.176. The predicted molar refractivity (Wildman–Crippen MR) is 75.6 cm³/mol. The topological polar surface area (TPSA) is 73.9 Å². The lowest BCUT2D eigenvalue weighted by Gasteiger charge is -2.17. The number of ketones is 1. The van der Waals surface area contributed by atoms with Crippen LogP contribution in [0.5, 0.6) is 11.5 Å². The van der Waals surface area contributed by atoms with Crippen LogP contribution in [0.15, 0.2) is 36.4 Å². The maximum atomic E-state index is 13.8. The van der Waals surface area contributed by atoms with Crippen LogP contribution in [-0.2, 0) is 5.92 Å². The van der Waals surface area contributed by atoms with Crippen molar-refractivity contribution in [3.63, 3.8) is 0 Å². The van der Waals surface area contributed by atoms with Crippen molar-refractivity contribution in [2.24, 2.45) is 0 Å². The maximum absolute atomic E-state index is 13.8. The van der Waals surface area contributed by atoms with E-state index in [2.05, 4.69) is 0 Å². The van der Waals surface area contributed by atoms with E-state index in [-0.39, 0.29) is 17.1 Å². The van der Waals surface area contributed by atoms with E-state index >= 15 is 0 Å². The molecule has 2 aromatic carbocycles. The predicted octanol–water partition coefficient (Wildman–Crippen LogP) is 4.15. The summed E-state index contributed by atoms with van der Waals surface area (Å²) in [6, 6.07) is 10.6. The van der Waals surface area contributed by atoms with Crippen LogP contribution in [0.2, 0.25) is 0 Å². The summed E-state index contributed by atoms with van der Waals surface area (Å²) in [5, 5.41) is 18.0. The molecule has 0 aliphatic heterocycles. The molecular weight excluding hydrogens is 340 g/mol. The molecule has 4 nitrogen and oxygen atoms in total. The van der Waals surface area contributed by atoms with Crippen LogP contribution in [0.1, 0.15) is 27.0 Å². The lowest BCUT2D eigenvalue weighted by atomic mass is 10.0. The SMILES string of the molecule is N#Cc1cccc(Oc2ccc3c(c2C#N)C(=O)C(F)(F)C3(F)F)c1. The summed E-state index contributed by atoms with van der Waals surface area (Å²) in [4.78, 5) is 11.7. The number of rotatable bonds is 2. The smallest absolute Gasteiger partial charge is 0.376 e. The third-order valence-electron chi connectivity index (χ3n) is 3.71. The molecule has 2 aromatic rings. The van der Waals surface area contributed by atoms with E-state index in [4.69, 9.17) is 10.00 Å². The highest BCUT2D eigenvalue weighted by Gasteiger charge is 2.69. The highest BCUT2D eigenvalue weighted by atomic mass is 19.3. The second-order valence-electron chi connectivity index (χ2n) is 5.19. The Balaban J connectivity index is 2.15. The summed E-state index contributed by atoms with van der Waals surface area (Å²) < 4.78 is 60.1. The fraction of sp³-hybridized carbons (Fsp3) is 0.118. The van der Waals surface area contributed by atoms with Gasteiger partial charge in [0.2, 0.25) is 5.78 Å². The first-order valence-corrected chi connectivity index (χ1v) is 6.80. The Bertz CT molecular complexity index is 987. The highest BCUT2D eigenvalue weighted by molar-refractivity contribution is 6.09. The van der Waals surface area contributed by atoms with Gasteiger partial charge in [-0.3, -0.25) is 4.79 Å². The highest BCUT2D eigenvalue weighted by Crippen LogP contribution is 2.53. The van der Waals surface area contributed by atoms with E-state index in [1.807, 2.05) is 6.07 Å². The fourth-order valence-corrected chi connectivity index (χ4v) is 2.50. The van der Waals surface area contributed by atoms with E-state index in [9.17, 15) is 27.6 Å². The maximum Gasteiger partial charge on any atom is 0.376 e. The summed E-state index contributed by atoms with van der Waals surface area (Å²) in [5.41, 5.74) is -2.74. The number of hydrogen-bond acceptors (Lipinski definition) is 4. The van der Waals surface area contributed by atoms with Gasteiger partial charge >= 0.3 is 11.8 Å². The van der Waals surface area contributed by atoms with Gasteiger partial charge in [0.05, 0.1) is 17.2 Å². The molecule has 0 fully saturated rings. The van der Waals surface area contributed by atoms with E-state index in [0.717, 1.165) is 6.07 Å². The molecule has 0 aromatic heterocycles. The number of hydrogen-bond donors (Lipinski definition) is 0. The van der Waals surface area contributed by atoms with E-state index in [1.54, 1.807) is 0 Å². The fourth-order valence-electron chi connectivity index (χ4n) is 2.50. The number of Topliss-reactive ketones (excluding diaryl/α,β-unsaturated/α-hetero) is 1. The number of nitriles is 2. The first-order chi connectivity index (χ1) is 11.7. The van der Waals surface area contributed by atoms with Gasteiger partial charge in [-0.25, -0.2) is 0 Å². The van der Waals surface area contributed by atoms with Crippen molar-refractivity contribution >= 4 is 5.78 Å². The Morgan fingerprint density at radius 3 is 2.32 bits per heavy atom. The molecule has 0 heterocycles. The number of carbonyl (C=O) groups is 1. The monoisotopic (exact) mass is 346 g/mol. The molecule has 8 heteroatoms. The number of ether oxygens (including phenoxy) is 1. The second kappa shape index (κ2) is 5.32. The zero-order chi connectivity index (χ0) is 18.4. The summed E-state index contributed by atoms with van der Waals surface area (Å²) in [7, 11) is 0. The summed E-state index contributed by atoms with van der Waals surface area (Å²) in [5.74, 6) is -12.0. The molecule has 3 rings (SSSR count). The Morgan fingerprint density at radius 1 is 0.960 bits per heavy atom. The van der Waals surface area contributed by atoms with Crippen molar-refractivity contribution in [1.29, 1.82) is 10.5 Å². The molecule has 1 aliphatic carbocycles. The van der Waals surface area contributed by atoms with Gasteiger partial charge in [0.15, 0.2) is 0 Å². The van der Waals surface area contributed by atoms with E-state index in [1.165, 1.54) is 30.3 Å². The van der Waals surface area contributed by atoms with Crippen molar-refractivity contribution in [2.45, 2.75) is 11.8 Å². The zero-order valence-corrected chi connectivity index (χ0v) is 12.2. The quantitative estimate of drug-likeness (QED) is 0.766. The number of halogens is 4. The van der Waals surface area contributed by atoms with Gasteiger partial charge < -0.3 is 4.74 Å². The molecule has 0 radical (unpaired) electrons. The largest absolute Gasteiger partial charge is 0.456 e. The minimum absolute atomic E-state index is 0.0828. The van der Waals surface area contributed by atoms with Crippen LogP contribution in [0, 0.1) is 22.7 Å². The van der Waals surface area contributed by atoms with Crippen molar-refractivity contribution in [2.75, 3.05) is 0 Å². The Morgan fingerprint density at radius 2 is 1.68 bits per heavy atom. The molecule has 1 aliphatic rings. The van der Waals surface area contributed by atoms with Crippen molar-refractivity contribution < 1.29 is 27.1 Å². The summed E-state index contributed by atoms with van der Waals surface area (Å²) in [6.45, 7) is 0. The molecule has 0 bridgehead atoms. The number of benzene rings is 2. The van der Waals surface area contributed by atoms with Gasteiger partial charge in [-0.2, -0.15) is 28.1 Å². The van der Waals surface area contributed by atoms with Crippen LogP contribution in [0.25, 0.3) is 0 Å². The van der Waals surface area contributed by atoms with Gasteiger partial charge in [0.25, 0.3) is 0 Å². The Labute approximate surface area is 138 Å². The standard InChI is InChI=1S/C17H6F4N2O2/c18-16(19)12-4-5-13(25-10-3-1-2-9(6-10)7-22)11(8-23)14(12)15(24)17(16,20)21/h1-6H. The summed E-state index contributed by atoms with van der Waals surface area (Å²) in [6.07, 6.45) is 0. The normalized spacial score (nSPS) is 16.6. The second-order valence-corrected chi connectivity index (χ2v) is 5.19. The molecule has 25 heavy (non-hydrogen) atoms. The van der Waals surface area contributed by atoms with Gasteiger partial charge in [0.1, 0.15) is 23.1 Å². The minimum atomic E-state index is -4.93. The third kappa shape index (κ3) is 2.23. The van der Waals surface area contributed by atoms with Crippen molar-refractivity contribution in [3.8, 4) is 23.6 Å². The van der Waals surface area contributed by atoms with Crippen LogP contribution >= 0.6 is 0 Å². The van der Waals surface area contributed by atoms with Crippen molar-refractivity contribution in [3.05, 3.63) is 58.7 Å². The average molecular weight is 346 g/mol. The average Bonchev–Trinajstić information content (AvgIpc) is 2.72. The van der Waals surface area contributed by atoms with E-state index < -0.39 is 34.3 Å². The number of fused-ring (bicyclic) bond motifs is 1. The Kier molecular flexibility index (Phi) is 3.50. The Hall–Kier alpha value is -3.39. The number of alkyl halides is 4. The van der Waals surface area contributed by atoms with Gasteiger partial charge in [0, 0.05) is 5.56 Å². The van der Waals surface area contributed by atoms with Crippen LogP contribution in [0.3, 0.4) is 0 Å². The van der Waals surface area contributed by atoms with Crippen LogP contribution in [-0.4, -0.2) is 11.7 Å². The van der Waals surface area contributed by atoms with Crippen LogP contribution < -0.4 is 4.74 Å². The van der Waals surface area contributed by atoms with Crippen LogP contribution in [0.4, 0.5) is 17.6 Å². The molecular formula is C17H6F4N2O2. The van der Waals surface area contributed by atoms with Gasteiger partial charge in [-0.15, -0.1) is 0 Å². The molecule has 0 unspecified atom stereocenters. The molecule has 0 amide bonds. The molecule has 0 N–H and O–H groups in total. The minimum Gasteiger partial charge on any atom is -0.456 e. The van der Waals surface area contributed by atoms with Crippen molar-refractivity contribution in [1.82, 2.24) is 0 Å². The van der Waals surface area contributed by atoms with Gasteiger partial charge in [-0.1, -0.05) is 6.07 Å². The molecule has 0 saturated carbocycles. The third-order valence-corrected chi connectivity index (χ3v) is 3.71. The molecule has 124 valence electrons. The molecule has 0 atom stereocenters. The summed E-state index contributed by atoms with van der Waals surface area (Å²) >= 11 is 0. The van der Waals surface area contributed by atoms with E-state index in [0.29, 0.717) is 6.07 Å². The molecule has 0 spiro atoms. The molecule has 0 saturated heterocycles. The lowest BCUT2D eigenvalue weighted by Crippen LogP contribution is -2.38.